The quantitative estimate of drug-likeness (QED) is 0.498. The Balaban J connectivity index is 2.06. The highest BCUT2D eigenvalue weighted by Gasteiger charge is 2.22. The smallest absolute Gasteiger partial charge is 0.321 e. The number of carbonyl (C=O) groups excluding carboxylic acids is 2. The van der Waals surface area contributed by atoms with Crippen molar-refractivity contribution in [3.8, 4) is 5.69 Å². The number of hydrogen-bond acceptors (Lipinski definition) is 5. The number of amides is 3. The molecule has 29 heavy (non-hydrogen) atoms. The molecule has 0 aliphatic carbocycles. The van der Waals surface area contributed by atoms with Crippen molar-refractivity contribution in [2.45, 2.75) is 31.2 Å². The molecule has 0 fully saturated rings. The molecule has 7 nitrogen and oxygen atoms in total. The van der Waals surface area contributed by atoms with Gasteiger partial charge < -0.3 is 5.32 Å². The first-order chi connectivity index (χ1) is 13.9. The maximum atomic E-state index is 13.3. The van der Waals surface area contributed by atoms with Crippen LogP contribution in [0.3, 0.4) is 0 Å². The molecule has 0 bridgehead atoms. The zero-order valence-corrected chi connectivity index (χ0v) is 17.2. The summed E-state index contributed by atoms with van der Waals surface area (Å²) >= 11 is 1.13. The Morgan fingerprint density at radius 1 is 1.14 bits per heavy atom. The first kappa shape index (κ1) is 20.6. The Labute approximate surface area is 172 Å². The number of carbonyl (C=O) groups is 2. The number of aromatic nitrogens is 2. The zero-order valence-electron chi connectivity index (χ0n) is 16.4. The molecule has 2 N–H and O–H groups in total. The molecular weight excluding hydrogens is 388 g/mol. The van der Waals surface area contributed by atoms with E-state index in [2.05, 4.69) is 15.6 Å². The van der Waals surface area contributed by atoms with Crippen molar-refractivity contribution in [3.05, 3.63) is 64.4 Å². The summed E-state index contributed by atoms with van der Waals surface area (Å²) in [6.45, 7) is 5.77. The van der Waals surface area contributed by atoms with Crippen LogP contribution in [0.25, 0.3) is 16.6 Å². The Bertz CT molecular complexity index is 1130. The lowest BCUT2D eigenvalue weighted by Crippen LogP contribution is -2.42. The minimum absolute atomic E-state index is 0.205. The van der Waals surface area contributed by atoms with Crippen molar-refractivity contribution < 1.29 is 9.59 Å². The molecule has 1 heterocycles. The lowest BCUT2D eigenvalue weighted by atomic mass is 10.2. The zero-order chi connectivity index (χ0) is 21.0. The van der Waals surface area contributed by atoms with Crippen LogP contribution in [0.5, 0.6) is 0 Å². The van der Waals surface area contributed by atoms with Crippen molar-refractivity contribution in [2.24, 2.45) is 0 Å². The summed E-state index contributed by atoms with van der Waals surface area (Å²) in [4.78, 5) is 41.9. The van der Waals surface area contributed by atoms with E-state index < -0.39 is 17.2 Å². The van der Waals surface area contributed by atoms with Gasteiger partial charge in [-0.05, 0) is 44.5 Å². The van der Waals surface area contributed by atoms with Crippen LogP contribution < -0.4 is 16.2 Å². The minimum atomic E-state index is -0.638. The number of nitrogens with one attached hydrogen (secondary N) is 2. The predicted octanol–water partition coefficient (Wildman–Crippen LogP) is 3.02. The Morgan fingerprint density at radius 3 is 2.55 bits per heavy atom. The van der Waals surface area contributed by atoms with Gasteiger partial charge in [-0.3, -0.25) is 19.5 Å². The molecule has 0 saturated heterocycles. The summed E-state index contributed by atoms with van der Waals surface area (Å²) < 4.78 is 1.53. The van der Waals surface area contributed by atoms with Crippen LogP contribution >= 0.6 is 11.8 Å². The summed E-state index contributed by atoms with van der Waals surface area (Å²) in [6, 6.07) is 14.1. The molecule has 0 unspecified atom stereocenters. The highest BCUT2D eigenvalue weighted by atomic mass is 32.2. The minimum Gasteiger partial charge on any atom is -0.338 e. The van der Waals surface area contributed by atoms with Gasteiger partial charge in [0.1, 0.15) is 0 Å². The van der Waals surface area contributed by atoms with E-state index in [1.54, 1.807) is 32.0 Å². The molecule has 3 aromatic rings. The highest BCUT2D eigenvalue weighted by molar-refractivity contribution is 8.00. The number of thioether (sulfide) groups is 1. The van der Waals surface area contributed by atoms with Crippen molar-refractivity contribution in [2.75, 3.05) is 6.54 Å². The van der Waals surface area contributed by atoms with Crippen molar-refractivity contribution in [3.63, 3.8) is 0 Å². The molecule has 150 valence electrons. The van der Waals surface area contributed by atoms with Crippen LogP contribution in [0.4, 0.5) is 4.79 Å². The van der Waals surface area contributed by atoms with E-state index in [0.29, 0.717) is 28.3 Å². The standard InChI is InChI=1S/C21H22N4O3S/c1-4-22-20(28)24-18(26)14(3)29-21-23-16-11-7-6-10-15(16)19(27)25(21)17-12-8-5-9-13(17)2/h5-12,14H,4H2,1-3H3,(H2,22,24,26,28)/t14-/m1/s1. The maximum Gasteiger partial charge on any atom is 0.321 e. The van der Waals surface area contributed by atoms with Gasteiger partial charge in [-0.25, -0.2) is 9.78 Å². The van der Waals surface area contributed by atoms with E-state index >= 15 is 0 Å². The van der Waals surface area contributed by atoms with Gasteiger partial charge in [0.05, 0.1) is 21.8 Å². The third-order valence-electron chi connectivity index (χ3n) is 4.33. The third kappa shape index (κ3) is 4.48. The van der Waals surface area contributed by atoms with E-state index in [1.807, 2.05) is 37.3 Å². The Kier molecular flexibility index (Phi) is 6.33. The van der Waals surface area contributed by atoms with Crippen LogP contribution in [0.15, 0.2) is 58.5 Å². The topological polar surface area (TPSA) is 93.1 Å². The predicted molar refractivity (Wildman–Crippen MR) is 115 cm³/mol. The van der Waals surface area contributed by atoms with Crippen molar-refractivity contribution in [1.29, 1.82) is 0 Å². The van der Waals surface area contributed by atoms with Gasteiger partial charge in [-0.1, -0.05) is 42.1 Å². The van der Waals surface area contributed by atoms with Crippen molar-refractivity contribution in [1.82, 2.24) is 20.2 Å². The molecule has 3 rings (SSSR count). The van der Waals surface area contributed by atoms with Crippen molar-refractivity contribution >= 4 is 34.6 Å². The summed E-state index contributed by atoms with van der Waals surface area (Å²) in [6.07, 6.45) is 0. The number of fused-ring (bicyclic) bond motifs is 1. The van der Waals surface area contributed by atoms with Gasteiger partial charge in [0, 0.05) is 6.54 Å². The lowest BCUT2D eigenvalue weighted by molar-refractivity contribution is -0.119. The summed E-state index contributed by atoms with van der Waals surface area (Å²) in [5.74, 6) is -0.459. The van der Waals surface area contributed by atoms with Gasteiger partial charge >= 0.3 is 6.03 Å². The first-order valence-electron chi connectivity index (χ1n) is 9.25. The highest BCUT2D eigenvalue weighted by Crippen LogP contribution is 2.26. The molecule has 3 amide bonds. The fourth-order valence-electron chi connectivity index (χ4n) is 2.85. The monoisotopic (exact) mass is 410 g/mol. The third-order valence-corrected chi connectivity index (χ3v) is 5.38. The summed E-state index contributed by atoms with van der Waals surface area (Å²) in [7, 11) is 0. The number of benzene rings is 2. The number of urea groups is 1. The average Bonchev–Trinajstić information content (AvgIpc) is 2.69. The van der Waals surface area contributed by atoms with Gasteiger partial charge in [-0.15, -0.1) is 0 Å². The number of para-hydroxylation sites is 2. The molecule has 0 aliphatic heterocycles. The second kappa shape index (κ2) is 8.91. The van der Waals surface area contributed by atoms with Gasteiger partial charge in [-0.2, -0.15) is 0 Å². The molecule has 2 aromatic carbocycles. The molecule has 0 radical (unpaired) electrons. The van der Waals surface area contributed by atoms with E-state index in [0.717, 1.165) is 17.3 Å². The van der Waals surface area contributed by atoms with E-state index in [4.69, 9.17) is 0 Å². The molecule has 0 spiro atoms. The number of nitrogens with zero attached hydrogens (tertiary/aromatic N) is 2. The van der Waals surface area contributed by atoms with Crippen LogP contribution in [-0.2, 0) is 4.79 Å². The Morgan fingerprint density at radius 2 is 1.83 bits per heavy atom. The second-order valence-electron chi connectivity index (χ2n) is 6.45. The number of imide groups is 1. The fraction of sp³-hybridized carbons (Fsp3) is 0.238. The fourth-order valence-corrected chi connectivity index (χ4v) is 3.77. The SMILES string of the molecule is CCNC(=O)NC(=O)[C@@H](C)Sc1nc2ccccc2c(=O)n1-c1ccccc1C. The van der Waals surface area contributed by atoms with E-state index in [-0.39, 0.29) is 5.56 Å². The van der Waals surface area contributed by atoms with E-state index in [1.165, 1.54) is 4.57 Å². The largest absolute Gasteiger partial charge is 0.338 e. The van der Waals surface area contributed by atoms with Gasteiger partial charge in [0.2, 0.25) is 5.91 Å². The van der Waals surface area contributed by atoms with Crippen LogP contribution in [0, 0.1) is 6.92 Å². The maximum absolute atomic E-state index is 13.3. The second-order valence-corrected chi connectivity index (χ2v) is 7.76. The molecule has 0 saturated carbocycles. The number of aryl methyl sites for hydroxylation is 1. The van der Waals surface area contributed by atoms with Gasteiger partial charge in [0.25, 0.3) is 5.56 Å². The Hall–Kier alpha value is -3.13. The lowest BCUT2D eigenvalue weighted by Gasteiger charge is -2.17. The van der Waals surface area contributed by atoms with Crippen LogP contribution in [0.1, 0.15) is 19.4 Å². The molecular formula is C21H22N4O3S. The van der Waals surface area contributed by atoms with Gasteiger partial charge in [0.15, 0.2) is 5.16 Å². The molecule has 1 atom stereocenters. The normalized spacial score (nSPS) is 11.8. The molecule has 8 heteroatoms. The van der Waals surface area contributed by atoms with Crippen LogP contribution in [0.2, 0.25) is 0 Å². The average molecular weight is 410 g/mol. The molecule has 0 aliphatic rings. The molecule has 1 aromatic heterocycles. The summed E-state index contributed by atoms with van der Waals surface area (Å²) in [5, 5.41) is 5.07. The first-order valence-corrected chi connectivity index (χ1v) is 10.1. The number of hydrogen-bond donors (Lipinski definition) is 2. The summed E-state index contributed by atoms with van der Waals surface area (Å²) in [5.41, 5.74) is 1.97. The van der Waals surface area contributed by atoms with Crippen LogP contribution in [-0.4, -0.2) is 33.3 Å². The number of rotatable bonds is 5. The van der Waals surface area contributed by atoms with E-state index in [9.17, 15) is 14.4 Å².